The van der Waals surface area contributed by atoms with Crippen LogP contribution in [0.15, 0.2) is 42.5 Å². The Morgan fingerprint density at radius 1 is 1.29 bits per heavy atom. The van der Waals surface area contributed by atoms with Crippen molar-refractivity contribution in [2.75, 3.05) is 11.1 Å². The number of aryl methyl sites for hydroxylation is 1. The zero-order valence-corrected chi connectivity index (χ0v) is 11.9. The minimum absolute atomic E-state index is 0.0414. The number of rotatable bonds is 4. The molecule has 0 spiro atoms. The van der Waals surface area contributed by atoms with Crippen LogP contribution in [0.4, 0.5) is 15.8 Å². The Balaban J connectivity index is 2.04. The number of anilines is 2. The molecule has 0 heterocycles. The predicted octanol–water partition coefficient (Wildman–Crippen LogP) is 3.12. The molecule has 0 saturated carbocycles. The summed E-state index contributed by atoms with van der Waals surface area (Å²) in [7, 11) is 0. The molecule has 0 aliphatic rings. The number of hydrogen-bond acceptors (Lipinski definition) is 3. The number of amides is 1. The Labute approximate surface area is 122 Å². The Morgan fingerprint density at radius 2 is 2.05 bits per heavy atom. The molecule has 110 valence electrons. The van der Waals surface area contributed by atoms with Crippen LogP contribution in [-0.4, -0.2) is 12.0 Å². The monoisotopic (exact) mass is 288 g/mol. The number of nitrogens with one attached hydrogen (secondary N) is 1. The molecule has 1 atom stereocenters. The van der Waals surface area contributed by atoms with Gasteiger partial charge in [-0.15, -0.1) is 0 Å². The van der Waals surface area contributed by atoms with E-state index in [2.05, 4.69) is 5.32 Å². The van der Waals surface area contributed by atoms with E-state index in [-0.39, 0.29) is 5.69 Å². The van der Waals surface area contributed by atoms with Crippen molar-refractivity contribution < 1.29 is 13.9 Å². The van der Waals surface area contributed by atoms with Crippen molar-refractivity contribution >= 4 is 17.3 Å². The van der Waals surface area contributed by atoms with Gasteiger partial charge in [0.25, 0.3) is 5.91 Å². The van der Waals surface area contributed by atoms with Gasteiger partial charge in [-0.25, -0.2) is 4.39 Å². The quantitative estimate of drug-likeness (QED) is 0.850. The Kier molecular flexibility index (Phi) is 4.42. The Hall–Kier alpha value is -2.56. The van der Waals surface area contributed by atoms with Crippen LogP contribution >= 0.6 is 0 Å². The molecule has 3 N–H and O–H groups in total. The van der Waals surface area contributed by atoms with Crippen LogP contribution < -0.4 is 15.8 Å². The van der Waals surface area contributed by atoms with Crippen molar-refractivity contribution in [2.24, 2.45) is 0 Å². The number of benzene rings is 2. The van der Waals surface area contributed by atoms with E-state index in [0.29, 0.717) is 11.4 Å². The van der Waals surface area contributed by atoms with E-state index >= 15 is 0 Å². The molecule has 5 heteroatoms. The molecule has 0 bridgehead atoms. The zero-order valence-electron chi connectivity index (χ0n) is 11.9. The van der Waals surface area contributed by atoms with Gasteiger partial charge in [0.2, 0.25) is 0 Å². The summed E-state index contributed by atoms with van der Waals surface area (Å²) in [4.78, 5) is 12.0. The van der Waals surface area contributed by atoms with Crippen molar-refractivity contribution in [3.05, 3.63) is 53.8 Å². The summed E-state index contributed by atoms with van der Waals surface area (Å²) in [6.07, 6.45) is -0.757. The molecule has 2 aromatic carbocycles. The maximum absolute atomic E-state index is 13.6. The lowest BCUT2D eigenvalue weighted by Crippen LogP contribution is -2.30. The van der Waals surface area contributed by atoms with E-state index in [1.54, 1.807) is 13.0 Å². The average molecular weight is 288 g/mol. The van der Waals surface area contributed by atoms with E-state index in [1.165, 1.54) is 18.2 Å². The third kappa shape index (κ3) is 3.95. The minimum Gasteiger partial charge on any atom is -0.481 e. The first-order chi connectivity index (χ1) is 9.95. The molecule has 21 heavy (non-hydrogen) atoms. The lowest BCUT2D eigenvalue weighted by Gasteiger charge is -2.15. The van der Waals surface area contributed by atoms with E-state index in [0.717, 1.165) is 5.56 Å². The van der Waals surface area contributed by atoms with Gasteiger partial charge >= 0.3 is 0 Å². The molecule has 0 aromatic heterocycles. The number of carbonyl (C=O) groups excluding carboxylic acids is 1. The fourth-order valence-electron chi connectivity index (χ4n) is 1.82. The highest BCUT2D eigenvalue weighted by atomic mass is 19.1. The molecule has 0 fully saturated rings. The SMILES string of the molecule is Cc1cccc(OC(C)C(=O)Nc2cc(N)ccc2F)c1. The first kappa shape index (κ1) is 14.8. The van der Waals surface area contributed by atoms with Crippen LogP contribution in [0, 0.1) is 12.7 Å². The first-order valence-electron chi connectivity index (χ1n) is 6.55. The molecule has 1 unspecified atom stereocenters. The highest BCUT2D eigenvalue weighted by Gasteiger charge is 2.16. The maximum Gasteiger partial charge on any atom is 0.265 e. The fourth-order valence-corrected chi connectivity index (χ4v) is 1.82. The number of halogens is 1. The average Bonchev–Trinajstić information content (AvgIpc) is 2.43. The highest BCUT2D eigenvalue weighted by Crippen LogP contribution is 2.19. The van der Waals surface area contributed by atoms with Gasteiger partial charge in [0.1, 0.15) is 11.6 Å². The zero-order chi connectivity index (χ0) is 15.4. The lowest BCUT2D eigenvalue weighted by molar-refractivity contribution is -0.122. The highest BCUT2D eigenvalue weighted by molar-refractivity contribution is 5.94. The van der Waals surface area contributed by atoms with E-state index in [4.69, 9.17) is 10.5 Å². The maximum atomic E-state index is 13.6. The van der Waals surface area contributed by atoms with Crippen molar-refractivity contribution in [3.63, 3.8) is 0 Å². The Morgan fingerprint density at radius 3 is 2.76 bits per heavy atom. The van der Waals surface area contributed by atoms with Crippen LogP contribution in [0.3, 0.4) is 0 Å². The van der Waals surface area contributed by atoms with E-state index in [1.807, 2.05) is 25.1 Å². The van der Waals surface area contributed by atoms with Crippen LogP contribution in [0.2, 0.25) is 0 Å². The van der Waals surface area contributed by atoms with Crippen LogP contribution in [-0.2, 0) is 4.79 Å². The van der Waals surface area contributed by atoms with Gasteiger partial charge in [0.05, 0.1) is 5.69 Å². The predicted molar refractivity (Wildman–Crippen MR) is 80.7 cm³/mol. The molecular weight excluding hydrogens is 271 g/mol. The summed E-state index contributed by atoms with van der Waals surface area (Å²) in [6.45, 7) is 3.53. The smallest absolute Gasteiger partial charge is 0.265 e. The molecule has 4 nitrogen and oxygen atoms in total. The minimum atomic E-state index is -0.757. The van der Waals surface area contributed by atoms with Crippen molar-refractivity contribution in [1.82, 2.24) is 0 Å². The fraction of sp³-hybridized carbons (Fsp3) is 0.188. The number of hydrogen-bond donors (Lipinski definition) is 2. The molecule has 0 aliphatic carbocycles. The Bertz CT molecular complexity index is 658. The lowest BCUT2D eigenvalue weighted by atomic mass is 10.2. The third-order valence-corrected chi connectivity index (χ3v) is 2.92. The summed E-state index contributed by atoms with van der Waals surface area (Å²) >= 11 is 0. The number of carbonyl (C=O) groups is 1. The summed E-state index contributed by atoms with van der Waals surface area (Å²) in [5.74, 6) is -0.396. The van der Waals surface area contributed by atoms with Gasteiger partial charge in [0, 0.05) is 5.69 Å². The van der Waals surface area contributed by atoms with Crippen LogP contribution in [0.25, 0.3) is 0 Å². The van der Waals surface area contributed by atoms with E-state index < -0.39 is 17.8 Å². The van der Waals surface area contributed by atoms with Gasteiger partial charge in [0.15, 0.2) is 6.10 Å². The van der Waals surface area contributed by atoms with Gasteiger partial charge in [-0.1, -0.05) is 12.1 Å². The second kappa shape index (κ2) is 6.26. The van der Waals surface area contributed by atoms with Crippen LogP contribution in [0.1, 0.15) is 12.5 Å². The van der Waals surface area contributed by atoms with Gasteiger partial charge < -0.3 is 15.8 Å². The molecule has 1 amide bonds. The molecule has 0 radical (unpaired) electrons. The summed E-state index contributed by atoms with van der Waals surface area (Å²) < 4.78 is 19.1. The number of ether oxygens (including phenoxy) is 1. The molecule has 2 aromatic rings. The number of nitrogens with two attached hydrogens (primary N) is 1. The van der Waals surface area contributed by atoms with Crippen molar-refractivity contribution in [2.45, 2.75) is 20.0 Å². The summed E-state index contributed by atoms with van der Waals surface area (Å²) in [5, 5.41) is 2.47. The van der Waals surface area contributed by atoms with Crippen molar-refractivity contribution in [3.8, 4) is 5.75 Å². The molecule has 0 saturated heterocycles. The molecular formula is C16H17FN2O2. The van der Waals surface area contributed by atoms with Gasteiger partial charge in [-0.2, -0.15) is 0 Å². The third-order valence-electron chi connectivity index (χ3n) is 2.92. The van der Waals surface area contributed by atoms with Gasteiger partial charge in [-0.05, 0) is 49.7 Å². The largest absolute Gasteiger partial charge is 0.481 e. The van der Waals surface area contributed by atoms with E-state index in [9.17, 15) is 9.18 Å². The summed E-state index contributed by atoms with van der Waals surface area (Å²) in [6, 6.07) is 11.4. The van der Waals surface area contributed by atoms with Gasteiger partial charge in [-0.3, -0.25) is 4.79 Å². The second-order valence-electron chi connectivity index (χ2n) is 4.81. The standard InChI is InChI=1S/C16H17FN2O2/c1-10-4-3-5-13(8-10)21-11(2)16(20)19-15-9-12(18)6-7-14(15)17/h3-9,11H,18H2,1-2H3,(H,19,20). The normalized spacial score (nSPS) is 11.8. The molecule has 2 rings (SSSR count). The second-order valence-corrected chi connectivity index (χ2v) is 4.81. The van der Waals surface area contributed by atoms with Crippen LogP contribution in [0.5, 0.6) is 5.75 Å². The first-order valence-corrected chi connectivity index (χ1v) is 6.55. The topological polar surface area (TPSA) is 64.3 Å². The van der Waals surface area contributed by atoms with Crippen molar-refractivity contribution in [1.29, 1.82) is 0 Å². The number of nitrogen functional groups attached to an aromatic ring is 1. The summed E-state index contributed by atoms with van der Waals surface area (Å²) in [5.41, 5.74) is 7.02. The molecule has 0 aliphatic heterocycles.